The van der Waals surface area contributed by atoms with Crippen molar-refractivity contribution in [3.63, 3.8) is 0 Å². The van der Waals surface area contributed by atoms with Gasteiger partial charge in [-0.3, -0.25) is 0 Å². The smallest absolute Gasteiger partial charge is 0.232 e. The summed E-state index contributed by atoms with van der Waals surface area (Å²) in [7, 11) is 0. The van der Waals surface area contributed by atoms with Crippen molar-refractivity contribution in [3.8, 4) is 0 Å². The molecule has 3 heterocycles. The zero-order valence-electron chi connectivity index (χ0n) is 21.4. The van der Waals surface area contributed by atoms with Crippen LogP contribution in [0.2, 0.25) is 0 Å². The van der Waals surface area contributed by atoms with Crippen LogP contribution in [0.4, 0.5) is 22.0 Å². The minimum atomic E-state index is -0.191. The van der Waals surface area contributed by atoms with Crippen molar-refractivity contribution >= 4 is 34.9 Å². The van der Waals surface area contributed by atoms with E-state index in [4.69, 9.17) is 22.2 Å². The molecule has 0 unspecified atom stereocenters. The number of thiocarbonyl (C=S) groups is 1. The first-order chi connectivity index (χ1) is 17.5. The van der Waals surface area contributed by atoms with E-state index in [0.29, 0.717) is 23.6 Å². The van der Waals surface area contributed by atoms with Crippen LogP contribution in [0.25, 0.3) is 0 Å². The van der Waals surface area contributed by atoms with Gasteiger partial charge in [-0.05, 0) is 81.8 Å². The summed E-state index contributed by atoms with van der Waals surface area (Å²) in [5.41, 5.74) is 1.15. The van der Waals surface area contributed by atoms with Gasteiger partial charge in [-0.25, -0.2) is 4.39 Å². The SMILES string of the molecule is C[C@H]1CCCCN1c1cc(N2CCCC2)nc(NC(=S)NCC2(c3ccc(F)cc3)CCCCC2)n1. The molecular weight excluding hydrogens is 471 g/mol. The molecule has 3 fully saturated rings. The molecule has 1 aliphatic carbocycles. The molecule has 0 amide bonds. The first-order valence-electron chi connectivity index (χ1n) is 13.7. The maximum absolute atomic E-state index is 13.6. The van der Waals surface area contributed by atoms with Crippen molar-refractivity contribution in [1.29, 1.82) is 0 Å². The van der Waals surface area contributed by atoms with Crippen LogP contribution < -0.4 is 20.4 Å². The first-order valence-corrected chi connectivity index (χ1v) is 14.1. The number of nitrogens with zero attached hydrogens (tertiary/aromatic N) is 4. The van der Waals surface area contributed by atoms with Gasteiger partial charge < -0.3 is 20.4 Å². The minimum absolute atomic E-state index is 0.0374. The van der Waals surface area contributed by atoms with E-state index in [9.17, 15) is 4.39 Å². The number of halogens is 1. The predicted molar refractivity (Wildman–Crippen MR) is 150 cm³/mol. The Bertz CT molecular complexity index is 1030. The monoisotopic (exact) mass is 510 g/mol. The highest BCUT2D eigenvalue weighted by Crippen LogP contribution is 2.39. The molecule has 1 aromatic heterocycles. The number of aromatic nitrogens is 2. The molecule has 3 aliphatic rings. The Balaban J connectivity index is 1.32. The summed E-state index contributed by atoms with van der Waals surface area (Å²) in [6.45, 7) is 6.10. The highest BCUT2D eigenvalue weighted by atomic mass is 32.1. The number of benzene rings is 1. The Labute approximate surface area is 220 Å². The highest BCUT2D eigenvalue weighted by Gasteiger charge is 2.34. The number of hydrogen-bond donors (Lipinski definition) is 2. The maximum atomic E-state index is 13.6. The van der Waals surface area contributed by atoms with Crippen LogP contribution in [0.15, 0.2) is 30.3 Å². The van der Waals surface area contributed by atoms with E-state index < -0.39 is 0 Å². The third-order valence-corrected chi connectivity index (χ3v) is 8.55. The summed E-state index contributed by atoms with van der Waals surface area (Å²) in [5.74, 6) is 2.34. The molecule has 36 heavy (non-hydrogen) atoms. The van der Waals surface area contributed by atoms with Crippen molar-refractivity contribution in [2.24, 2.45) is 0 Å². The molecule has 5 rings (SSSR count). The normalized spacial score (nSPS) is 21.9. The van der Waals surface area contributed by atoms with Crippen LogP contribution in [-0.2, 0) is 5.41 Å². The van der Waals surface area contributed by atoms with E-state index in [1.165, 1.54) is 56.9 Å². The molecule has 0 bridgehead atoms. The molecule has 2 aliphatic heterocycles. The molecule has 1 saturated carbocycles. The molecular formula is C28H39FN6S. The Morgan fingerprint density at radius 2 is 1.67 bits per heavy atom. The quantitative estimate of drug-likeness (QED) is 0.478. The number of nitrogens with one attached hydrogen (secondary N) is 2. The second-order valence-corrected chi connectivity index (χ2v) is 11.2. The second kappa shape index (κ2) is 11.3. The zero-order chi connectivity index (χ0) is 25.0. The summed E-state index contributed by atoms with van der Waals surface area (Å²) in [5, 5.41) is 7.31. The lowest BCUT2D eigenvalue weighted by atomic mass is 9.69. The second-order valence-electron chi connectivity index (χ2n) is 10.8. The van der Waals surface area contributed by atoms with Gasteiger partial charge in [0.2, 0.25) is 5.95 Å². The molecule has 0 radical (unpaired) electrons. The largest absolute Gasteiger partial charge is 0.361 e. The predicted octanol–water partition coefficient (Wildman–Crippen LogP) is 5.78. The van der Waals surface area contributed by atoms with E-state index >= 15 is 0 Å². The van der Waals surface area contributed by atoms with Gasteiger partial charge in [0.05, 0.1) is 0 Å². The van der Waals surface area contributed by atoms with Gasteiger partial charge in [0, 0.05) is 43.7 Å². The number of rotatable bonds is 6. The lowest BCUT2D eigenvalue weighted by molar-refractivity contribution is 0.292. The van der Waals surface area contributed by atoms with Crippen molar-refractivity contribution in [2.75, 3.05) is 41.3 Å². The lowest BCUT2D eigenvalue weighted by Crippen LogP contribution is -2.43. The van der Waals surface area contributed by atoms with E-state index in [1.807, 2.05) is 12.1 Å². The summed E-state index contributed by atoms with van der Waals surface area (Å²) in [6.07, 6.45) is 11.8. The summed E-state index contributed by atoms with van der Waals surface area (Å²) in [4.78, 5) is 14.5. The number of anilines is 3. The number of hydrogen-bond acceptors (Lipinski definition) is 5. The van der Waals surface area contributed by atoms with Crippen molar-refractivity contribution < 1.29 is 4.39 Å². The van der Waals surface area contributed by atoms with Crippen LogP contribution in [0.1, 0.15) is 76.7 Å². The Hall–Kier alpha value is -2.48. The molecule has 2 N–H and O–H groups in total. The molecule has 194 valence electrons. The van der Waals surface area contributed by atoms with Gasteiger partial charge in [0.1, 0.15) is 17.5 Å². The Kier molecular flexibility index (Phi) is 7.89. The molecule has 6 nitrogen and oxygen atoms in total. The molecule has 2 saturated heterocycles. The van der Waals surface area contributed by atoms with Gasteiger partial charge in [0.25, 0.3) is 0 Å². The van der Waals surface area contributed by atoms with Gasteiger partial charge in [-0.2, -0.15) is 9.97 Å². The standard InChI is InChI=1S/C28H39FN6S/c1-21-9-3-6-18-35(21)25-19-24(34-16-7-8-17-34)31-26(32-25)33-27(36)30-20-28(14-4-2-5-15-28)22-10-12-23(29)13-11-22/h10-13,19,21H,2-9,14-18,20H2,1H3,(H2,30,31,32,33,36)/t21-/m0/s1. The van der Waals surface area contributed by atoms with Gasteiger partial charge >= 0.3 is 0 Å². The zero-order valence-corrected chi connectivity index (χ0v) is 22.3. The van der Waals surface area contributed by atoms with Crippen molar-refractivity contribution in [2.45, 2.75) is 82.6 Å². The highest BCUT2D eigenvalue weighted by molar-refractivity contribution is 7.80. The fourth-order valence-electron chi connectivity index (χ4n) is 6.17. The Morgan fingerprint density at radius 1 is 0.972 bits per heavy atom. The van der Waals surface area contributed by atoms with Gasteiger partial charge in [-0.15, -0.1) is 0 Å². The van der Waals surface area contributed by atoms with Crippen LogP contribution in [-0.4, -0.2) is 47.3 Å². The summed E-state index contributed by atoms with van der Waals surface area (Å²) < 4.78 is 13.6. The fourth-order valence-corrected chi connectivity index (χ4v) is 6.33. The molecule has 2 aromatic rings. The van der Waals surface area contributed by atoms with Gasteiger partial charge in [0.15, 0.2) is 5.11 Å². The Morgan fingerprint density at radius 3 is 2.39 bits per heavy atom. The van der Waals surface area contributed by atoms with Gasteiger partial charge in [-0.1, -0.05) is 31.4 Å². The molecule has 0 spiro atoms. The van der Waals surface area contributed by atoms with Crippen molar-refractivity contribution in [1.82, 2.24) is 15.3 Å². The average molecular weight is 511 g/mol. The number of piperidine rings is 1. The van der Waals surface area contributed by atoms with E-state index in [-0.39, 0.29) is 11.2 Å². The van der Waals surface area contributed by atoms with Crippen LogP contribution in [0.3, 0.4) is 0 Å². The lowest BCUT2D eigenvalue weighted by Gasteiger charge is -2.38. The maximum Gasteiger partial charge on any atom is 0.232 e. The third-order valence-electron chi connectivity index (χ3n) is 8.31. The van der Waals surface area contributed by atoms with Crippen LogP contribution >= 0.6 is 12.2 Å². The molecule has 8 heteroatoms. The minimum Gasteiger partial charge on any atom is -0.361 e. The molecule has 1 atom stereocenters. The third kappa shape index (κ3) is 5.74. The van der Waals surface area contributed by atoms with E-state index in [1.54, 1.807) is 12.1 Å². The van der Waals surface area contributed by atoms with E-state index in [2.05, 4.69) is 33.4 Å². The van der Waals surface area contributed by atoms with E-state index in [0.717, 1.165) is 44.1 Å². The van der Waals surface area contributed by atoms with Crippen LogP contribution in [0, 0.1) is 5.82 Å². The summed E-state index contributed by atoms with van der Waals surface area (Å²) >= 11 is 5.74. The average Bonchev–Trinajstić information content (AvgIpc) is 3.44. The molecule has 1 aromatic carbocycles. The summed E-state index contributed by atoms with van der Waals surface area (Å²) in [6, 6.07) is 9.65. The van der Waals surface area contributed by atoms with Crippen LogP contribution in [0.5, 0.6) is 0 Å². The fraction of sp³-hybridized carbons (Fsp3) is 0.607. The first kappa shape index (κ1) is 25.2. The topological polar surface area (TPSA) is 56.3 Å². The van der Waals surface area contributed by atoms with Crippen molar-refractivity contribution in [3.05, 3.63) is 41.7 Å².